The van der Waals surface area contributed by atoms with Gasteiger partial charge in [0.15, 0.2) is 0 Å². The average Bonchev–Trinajstić information content (AvgIpc) is 2.37. The Balaban J connectivity index is 3.92. The lowest BCUT2D eigenvalue weighted by atomic mass is 9.86. The highest BCUT2D eigenvalue weighted by atomic mass is 16.6. The van der Waals surface area contributed by atoms with E-state index in [2.05, 4.69) is 39.1 Å². The molecule has 0 aliphatic heterocycles. The van der Waals surface area contributed by atoms with Gasteiger partial charge in [-0.25, -0.2) is 4.79 Å². The molecule has 0 spiro atoms. The topological polar surface area (TPSA) is 38.3 Å². The lowest BCUT2D eigenvalue weighted by molar-refractivity contribution is 0.0534. The first-order valence-electron chi connectivity index (χ1n) is 8.70. The summed E-state index contributed by atoms with van der Waals surface area (Å²) in [6, 6.07) is 0. The van der Waals surface area contributed by atoms with Crippen LogP contribution in [0.4, 0.5) is 4.79 Å². The van der Waals surface area contributed by atoms with E-state index in [0.717, 1.165) is 5.92 Å². The van der Waals surface area contributed by atoms with Crippen LogP contribution in [0, 0.1) is 11.3 Å². The second-order valence-corrected chi connectivity index (χ2v) is 8.03. The summed E-state index contributed by atoms with van der Waals surface area (Å²) in [7, 11) is 0. The van der Waals surface area contributed by atoms with Gasteiger partial charge >= 0.3 is 6.09 Å². The van der Waals surface area contributed by atoms with E-state index in [1.54, 1.807) is 0 Å². The van der Waals surface area contributed by atoms with Gasteiger partial charge in [-0.3, -0.25) is 0 Å². The lowest BCUT2D eigenvalue weighted by Gasteiger charge is -2.21. The summed E-state index contributed by atoms with van der Waals surface area (Å²) < 4.78 is 5.20. The molecule has 3 nitrogen and oxygen atoms in total. The van der Waals surface area contributed by atoms with Crippen molar-refractivity contribution in [2.24, 2.45) is 11.3 Å². The largest absolute Gasteiger partial charge is 0.444 e. The molecule has 0 aliphatic rings. The van der Waals surface area contributed by atoms with Crippen LogP contribution in [0.25, 0.3) is 0 Å². The fourth-order valence-corrected chi connectivity index (χ4v) is 2.20. The van der Waals surface area contributed by atoms with E-state index >= 15 is 0 Å². The molecule has 130 valence electrons. The Morgan fingerprint density at radius 3 is 2.36 bits per heavy atom. The normalized spacial score (nSPS) is 14.1. The summed E-state index contributed by atoms with van der Waals surface area (Å²) >= 11 is 0. The van der Waals surface area contributed by atoms with Crippen molar-refractivity contribution in [1.82, 2.24) is 5.32 Å². The minimum atomic E-state index is -0.442. The van der Waals surface area contributed by atoms with Crippen LogP contribution in [0.15, 0.2) is 12.2 Å². The van der Waals surface area contributed by atoms with Crippen molar-refractivity contribution >= 4 is 6.09 Å². The van der Waals surface area contributed by atoms with Crippen molar-refractivity contribution in [1.29, 1.82) is 0 Å². The molecule has 0 heterocycles. The first-order chi connectivity index (χ1) is 10.1. The number of hydrogen-bond acceptors (Lipinski definition) is 2. The molecule has 0 aromatic carbocycles. The third-order valence-electron chi connectivity index (χ3n) is 3.80. The van der Waals surface area contributed by atoms with E-state index < -0.39 is 5.60 Å². The number of rotatable bonds is 9. The smallest absolute Gasteiger partial charge is 0.407 e. The zero-order valence-electron chi connectivity index (χ0n) is 15.8. The van der Waals surface area contributed by atoms with Gasteiger partial charge in [-0.1, -0.05) is 65.5 Å². The lowest BCUT2D eigenvalue weighted by Crippen LogP contribution is -2.32. The van der Waals surface area contributed by atoms with Crippen molar-refractivity contribution in [3.05, 3.63) is 12.2 Å². The first kappa shape index (κ1) is 21.0. The predicted molar refractivity (Wildman–Crippen MR) is 95.1 cm³/mol. The van der Waals surface area contributed by atoms with Crippen molar-refractivity contribution in [3.8, 4) is 0 Å². The minimum Gasteiger partial charge on any atom is -0.444 e. The summed E-state index contributed by atoms with van der Waals surface area (Å²) in [5.41, 5.74) is -0.256. The zero-order valence-corrected chi connectivity index (χ0v) is 15.8. The molecule has 0 radical (unpaired) electrons. The van der Waals surface area contributed by atoms with E-state index in [1.165, 1.54) is 32.1 Å². The summed E-state index contributed by atoms with van der Waals surface area (Å²) in [5, 5.41) is 2.75. The van der Waals surface area contributed by atoms with Gasteiger partial charge in [0.25, 0.3) is 0 Å². The summed E-state index contributed by atoms with van der Waals surface area (Å²) in [6.45, 7) is 15.2. The first-order valence-corrected chi connectivity index (χ1v) is 8.70. The average molecular weight is 312 g/mol. The molecule has 1 N–H and O–H groups in total. The molecule has 0 bridgehead atoms. The van der Waals surface area contributed by atoms with Crippen LogP contribution in [0.5, 0.6) is 0 Å². The second-order valence-electron chi connectivity index (χ2n) is 8.03. The van der Waals surface area contributed by atoms with E-state index in [4.69, 9.17) is 4.74 Å². The SMILES string of the molecule is CCC(C)CCCCC(C)(C)/C=C/CNC(=O)OC(C)(C)C. The third kappa shape index (κ3) is 12.7. The van der Waals surface area contributed by atoms with Crippen LogP contribution in [0.2, 0.25) is 0 Å². The quantitative estimate of drug-likeness (QED) is 0.438. The summed E-state index contributed by atoms with van der Waals surface area (Å²) in [4.78, 5) is 11.5. The Morgan fingerprint density at radius 1 is 1.18 bits per heavy atom. The molecule has 0 aromatic rings. The van der Waals surface area contributed by atoms with Gasteiger partial charge in [0.2, 0.25) is 0 Å². The van der Waals surface area contributed by atoms with Crippen molar-refractivity contribution < 1.29 is 9.53 Å². The van der Waals surface area contributed by atoms with E-state index in [-0.39, 0.29) is 11.5 Å². The second kappa shape index (κ2) is 9.91. The maximum absolute atomic E-state index is 11.5. The molecule has 0 fully saturated rings. The molecule has 0 aromatic heterocycles. The minimum absolute atomic E-state index is 0.186. The molecular weight excluding hydrogens is 274 g/mol. The highest BCUT2D eigenvalue weighted by Crippen LogP contribution is 2.26. The number of carbonyl (C=O) groups excluding carboxylic acids is 1. The van der Waals surface area contributed by atoms with E-state index in [9.17, 15) is 4.79 Å². The molecule has 3 heteroatoms. The maximum atomic E-state index is 11.5. The standard InChI is InChI=1S/C19H37NO2/c1-8-16(2)12-9-10-13-19(6,7)14-11-15-20-17(21)22-18(3,4)5/h11,14,16H,8-10,12-13,15H2,1-7H3,(H,20,21)/b14-11+. The predicted octanol–water partition coefficient (Wildman–Crippen LogP) is 5.70. The number of amides is 1. The van der Waals surface area contributed by atoms with Crippen LogP contribution >= 0.6 is 0 Å². The van der Waals surface area contributed by atoms with Crippen molar-refractivity contribution in [2.75, 3.05) is 6.54 Å². The van der Waals surface area contributed by atoms with Gasteiger partial charge in [0, 0.05) is 6.54 Å². The van der Waals surface area contributed by atoms with Crippen LogP contribution < -0.4 is 5.32 Å². The van der Waals surface area contributed by atoms with Crippen LogP contribution in [-0.2, 0) is 4.74 Å². The molecule has 0 rings (SSSR count). The highest BCUT2D eigenvalue weighted by molar-refractivity contribution is 5.67. The molecule has 0 saturated heterocycles. The molecule has 1 atom stereocenters. The van der Waals surface area contributed by atoms with Gasteiger partial charge in [0.1, 0.15) is 5.60 Å². The van der Waals surface area contributed by atoms with Crippen LogP contribution in [0.3, 0.4) is 0 Å². The molecule has 1 unspecified atom stereocenters. The number of carbonyl (C=O) groups is 1. The third-order valence-corrected chi connectivity index (χ3v) is 3.80. The number of nitrogens with one attached hydrogen (secondary N) is 1. The molecule has 1 amide bonds. The number of hydrogen-bond donors (Lipinski definition) is 1. The fourth-order valence-electron chi connectivity index (χ4n) is 2.20. The van der Waals surface area contributed by atoms with Crippen molar-refractivity contribution in [3.63, 3.8) is 0 Å². The highest BCUT2D eigenvalue weighted by Gasteiger charge is 2.16. The van der Waals surface area contributed by atoms with Crippen LogP contribution in [-0.4, -0.2) is 18.2 Å². The fraction of sp³-hybridized carbons (Fsp3) is 0.842. The molecule has 0 saturated carbocycles. The molecule has 0 aliphatic carbocycles. The van der Waals surface area contributed by atoms with Gasteiger partial charge in [-0.2, -0.15) is 0 Å². The number of ether oxygens (including phenoxy) is 1. The number of alkyl carbamates (subject to hydrolysis) is 1. The molecular formula is C19H37NO2. The number of unbranched alkanes of at least 4 members (excludes halogenated alkanes) is 1. The number of allylic oxidation sites excluding steroid dienone is 1. The Hall–Kier alpha value is -0.990. The summed E-state index contributed by atoms with van der Waals surface area (Å²) in [5.74, 6) is 0.844. The Labute approximate surface area is 137 Å². The Bertz CT molecular complexity index is 340. The Morgan fingerprint density at radius 2 is 1.82 bits per heavy atom. The van der Waals surface area contributed by atoms with E-state index in [1.807, 2.05) is 26.8 Å². The monoisotopic (exact) mass is 311 g/mol. The van der Waals surface area contributed by atoms with Gasteiger partial charge < -0.3 is 10.1 Å². The van der Waals surface area contributed by atoms with Crippen LogP contribution in [0.1, 0.15) is 80.6 Å². The molecule has 22 heavy (non-hydrogen) atoms. The van der Waals surface area contributed by atoms with Gasteiger partial charge in [-0.15, -0.1) is 0 Å². The van der Waals surface area contributed by atoms with Gasteiger partial charge in [0.05, 0.1) is 0 Å². The van der Waals surface area contributed by atoms with E-state index in [0.29, 0.717) is 6.54 Å². The Kier molecular flexibility index (Phi) is 9.47. The summed E-state index contributed by atoms with van der Waals surface area (Å²) in [6.07, 6.45) is 10.2. The maximum Gasteiger partial charge on any atom is 0.407 e. The van der Waals surface area contributed by atoms with Crippen molar-refractivity contribution in [2.45, 2.75) is 86.2 Å². The van der Waals surface area contributed by atoms with Gasteiger partial charge in [-0.05, 0) is 38.5 Å². The zero-order chi connectivity index (χ0) is 17.2.